The van der Waals surface area contributed by atoms with Gasteiger partial charge in [-0.1, -0.05) is 18.2 Å². The molecule has 0 aromatic heterocycles. The third kappa shape index (κ3) is 3.00. The third-order valence-corrected chi connectivity index (χ3v) is 1.96. The summed E-state index contributed by atoms with van der Waals surface area (Å²) in [5, 5.41) is 9.35. The second-order valence-corrected chi connectivity index (χ2v) is 3.03. The summed E-state index contributed by atoms with van der Waals surface area (Å²) in [6.45, 7) is 1.52. The van der Waals surface area contributed by atoms with Crippen molar-refractivity contribution in [3.8, 4) is 5.75 Å². The van der Waals surface area contributed by atoms with E-state index in [2.05, 4.69) is 0 Å². The van der Waals surface area contributed by atoms with Crippen LogP contribution < -0.4 is 5.73 Å². The molecule has 6 heteroatoms. The van der Waals surface area contributed by atoms with E-state index in [9.17, 15) is 18.3 Å². The van der Waals surface area contributed by atoms with Crippen molar-refractivity contribution in [2.24, 2.45) is 5.73 Å². The van der Waals surface area contributed by atoms with Gasteiger partial charge in [0, 0.05) is 5.56 Å². The maximum Gasteiger partial charge on any atom is 0.407 e. The van der Waals surface area contributed by atoms with Gasteiger partial charge >= 0.3 is 6.18 Å². The molecule has 0 aliphatic rings. The van der Waals surface area contributed by atoms with Crippen LogP contribution in [-0.4, -0.2) is 11.3 Å². The molecule has 0 saturated heterocycles. The Bertz CT molecular complexity index is 341. The fraction of sp³-hybridized carbons (Fsp3) is 0.333. The second kappa shape index (κ2) is 4.72. The van der Waals surface area contributed by atoms with Gasteiger partial charge < -0.3 is 10.8 Å². The normalized spacial score (nSPS) is 13.1. The predicted octanol–water partition coefficient (Wildman–Crippen LogP) is 2.68. The maximum atomic E-state index is 12.2. The molecule has 0 amide bonds. The molecule has 0 aliphatic carbocycles. The molecule has 0 fully saturated rings. The molecule has 1 atom stereocenters. The van der Waals surface area contributed by atoms with Crippen LogP contribution >= 0.6 is 12.4 Å². The Morgan fingerprint density at radius 1 is 1.33 bits per heavy atom. The summed E-state index contributed by atoms with van der Waals surface area (Å²) in [7, 11) is 0. The van der Waals surface area contributed by atoms with Gasteiger partial charge in [0.1, 0.15) is 11.8 Å². The molecule has 1 aromatic rings. The Morgan fingerprint density at radius 2 is 1.87 bits per heavy atom. The number of alkyl halides is 3. The smallest absolute Gasteiger partial charge is 0.407 e. The molecule has 0 bridgehead atoms. The number of aromatic hydroxyl groups is 1. The molecule has 0 saturated carbocycles. The predicted molar refractivity (Wildman–Crippen MR) is 53.1 cm³/mol. The molecule has 15 heavy (non-hydrogen) atoms. The molecule has 0 radical (unpaired) electrons. The Morgan fingerprint density at radius 3 is 2.33 bits per heavy atom. The number of benzene rings is 1. The van der Waals surface area contributed by atoms with Crippen LogP contribution in [0.2, 0.25) is 0 Å². The zero-order valence-corrected chi connectivity index (χ0v) is 8.69. The topological polar surface area (TPSA) is 46.2 Å². The number of phenolic OH excluding ortho intramolecular Hbond substituents is 1. The van der Waals surface area contributed by atoms with E-state index in [1.807, 2.05) is 0 Å². The van der Waals surface area contributed by atoms with E-state index in [1.165, 1.54) is 25.1 Å². The number of aryl methyl sites for hydroxylation is 1. The highest BCUT2D eigenvalue weighted by molar-refractivity contribution is 5.85. The number of hydrogen-bond donors (Lipinski definition) is 2. The average molecular weight is 242 g/mol. The van der Waals surface area contributed by atoms with Crippen LogP contribution in [0.5, 0.6) is 5.75 Å². The summed E-state index contributed by atoms with van der Waals surface area (Å²) in [6, 6.07) is 1.97. The lowest BCUT2D eigenvalue weighted by Gasteiger charge is -2.17. The average Bonchev–Trinajstić information content (AvgIpc) is 2.07. The Hall–Kier alpha value is -0.940. The largest absolute Gasteiger partial charge is 0.507 e. The molecular formula is C9H11ClF3NO. The zero-order valence-electron chi connectivity index (χ0n) is 7.88. The van der Waals surface area contributed by atoms with Crippen molar-refractivity contribution in [3.63, 3.8) is 0 Å². The number of phenols is 1. The Labute approximate surface area is 91.3 Å². The lowest BCUT2D eigenvalue weighted by atomic mass is 10.0. The van der Waals surface area contributed by atoms with Gasteiger partial charge in [0.25, 0.3) is 0 Å². The highest BCUT2D eigenvalue weighted by Crippen LogP contribution is 2.35. The van der Waals surface area contributed by atoms with Crippen molar-refractivity contribution in [3.05, 3.63) is 29.3 Å². The number of rotatable bonds is 1. The summed E-state index contributed by atoms with van der Waals surface area (Å²) in [5.41, 5.74) is 5.04. The minimum Gasteiger partial charge on any atom is -0.507 e. The van der Waals surface area contributed by atoms with Gasteiger partial charge in [0.15, 0.2) is 0 Å². The highest BCUT2D eigenvalue weighted by atomic mass is 35.5. The molecular weight excluding hydrogens is 231 g/mol. The van der Waals surface area contributed by atoms with Gasteiger partial charge in [-0.2, -0.15) is 13.2 Å². The van der Waals surface area contributed by atoms with E-state index in [1.54, 1.807) is 0 Å². The fourth-order valence-corrected chi connectivity index (χ4v) is 1.11. The molecule has 1 rings (SSSR count). The van der Waals surface area contributed by atoms with Crippen molar-refractivity contribution in [2.45, 2.75) is 19.1 Å². The van der Waals surface area contributed by atoms with Gasteiger partial charge in [-0.15, -0.1) is 12.4 Å². The molecule has 2 nitrogen and oxygen atoms in total. The molecule has 0 aliphatic heterocycles. The van der Waals surface area contributed by atoms with Crippen LogP contribution in [0, 0.1) is 6.92 Å². The van der Waals surface area contributed by atoms with Crippen LogP contribution in [0.25, 0.3) is 0 Å². The summed E-state index contributed by atoms with van der Waals surface area (Å²) in [6.07, 6.45) is -4.54. The number of nitrogens with two attached hydrogens (primary N) is 1. The molecule has 0 spiro atoms. The molecule has 0 unspecified atom stereocenters. The summed E-state index contributed by atoms with van der Waals surface area (Å²) >= 11 is 0. The first-order valence-corrected chi connectivity index (χ1v) is 3.95. The van der Waals surface area contributed by atoms with Crippen molar-refractivity contribution >= 4 is 12.4 Å². The highest BCUT2D eigenvalue weighted by Gasteiger charge is 2.39. The SMILES string of the molecule is Cc1cccc([C@@H](N)C(F)(F)F)c1O.Cl. The monoisotopic (exact) mass is 241 g/mol. The lowest BCUT2D eigenvalue weighted by molar-refractivity contribution is -0.149. The number of halogens is 4. The van der Waals surface area contributed by atoms with E-state index in [-0.39, 0.29) is 18.0 Å². The van der Waals surface area contributed by atoms with Crippen molar-refractivity contribution in [1.82, 2.24) is 0 Å². The fourth-order valence-electron chi connectivity index (χ4n) is 1.11. The first kappa shape index (κ1) is 14.1. The van der Waals surface area contributed by atoms with Gasteiger partial charge in [0.05, 0.1) is 0 Å². The van der Waals surface area contributed by atoms with E-state index >= 15 is 0 Å². The van der Waals surface area contributed by atoms with Gasteiger partial charge in [-0.25, -0.2) is 0 Å². The van der Waals surface area contributed by atoms with Crippen molar-refractivity contribution < 1.29 is 18.3 Å². The summed E-state index contributed by atoms with van der Waals surface area (Å²) < 4.78 is 36.6. The molecule has 0 heterocycles. The minimum atomic E-state index is -4.54. The minimum absolute atomic E-state index is 0. The van der Waals surface area contributed by atoms with Crippen LogP contribution in [0.3, 0.4) is 0 Å². The van der Waals surface area contributed by atoms with Gasteiger partial charge in [-0.3, -0.25) is 0 Å². The molecule has 86 valence electrons. The molecule has 3 N–H and O–H groups in total. The third-order valence-electron chi connectivity index (χ3n) is 1.96. The summed E-state index contributed by atoms with van der Waals surface area (Å²) in [4.78, 5) is 0. The number of hydrogen-bond acceptors (Lipinski definition) is 2. The van der Waals surface area contributed by atoms with Crippen LogP contribution in [-0.2, 0) is 0 Å². The van der Waals surface area contributed by atoms with E-state index in [4.69, 9.17) is 5.73 Å². The number of para-hydroxylation sites is 1. The summed E-state index contributed by atoms with van der Waals surface area (Å²) in [5.74, 6) is -0.391. The van der Waals surface area contributed by atoms with E-state index in [0.717, 1.165) is 0 Å². The van der Waals surface area contributed by atoms with Crippen molar-refractivity contribution in [2.75, 3.05) is 0 Å². The first-order valence-electron chi connectivity index (χ1n) is 3.95. The Balaban J connectivity index is 0.00000196. The van der Waals surface area contributed by atoms with Gasteiger partial charge in [-0.05, 0) is 12.5 Å². The van der Waals surface area contributed by atoms with Crippen molar-refractivity contribution in [1.29, 1.82) is 0 Å². The molecule has 1 aromatic carbocycles. The maximum absolute atomic E-state index is 12.2. The van der Waals surface area contributed by atoms with Crippen LogP contribution in [0.15, 0.2) is 18.2 Å². The quantitative estimate of drug-likeness (QED) is 0.794. The first-order chi connectivity index (χ1) is 6.34. The lowest BCUT2D eigenvalue weighted by Crippen LogP contribution is -2.28. The van der Waals surface area contributed by atoms with Crippen LogP contribution in [0.4, 0.5) is 13.2 Å². The van der Waals surface area contributed by atoms with Crippen LogP contribution in [0.1, 0.15) is 17.2 Å². The Kier molecular flexibility index (Phi) is 4.42. The van der Waals surface area contributed by atoms with E-state index in [0.29, 0.717) is 5.56 Å². The van der Waals surface area contributed by atoms with Gasteiger partial charge in [0.2, 0.25) is 0 Å². The second-order valence-electron chi connectivity index (χ2n) is 3.03. The van der Waals surface area contributed by atoms with E-state index < -0.39 is 18.0 Å². The standard InChI is InChI=1S/C9H10F3NO.ClH/c1-5-3-2-4-6(7(5)14)8(13)9(10,11)12;/h2-4,8,14H,13H2,1H3;1H/t8-;/m1./s1. The zero-order chi connectivity index (χ0) is 10.9.